The highest BCUT2D eigenvalue weighted by Crippen LogP contribution is 2.36. The summed E-state index contributed by atoms with van der Waals surface area (Å²) in [4.78, 5) is 14.4. The monoisotopic (exact) mass is 236 g/mol. The summed E-state index contributed by atoms with van der Waals surface area (Å²) in [6.07, 6.45) is 9.21. The minimum absolute atomic E-state index is 0.349. The zero-order valence-electron chi connectivity index (χ0n) is 10.7. The molecule has 2 aliphatic carbocycles. The van der Waals surface area contributed by atoms with E-state index in [1.54, 1.807) is 0 Å². The second-order valence-corrected chi connectivity index (χ2v) is 6.06. The van der Waals surface area contributed by atoms with Crippen molar-refractivity contribution in [3.63, 3.8) is 0 Å². The molecular weight excluding hydrogens is 212 g/mol. The summed E-state index contributed by atoms with van der Waals surface area (Å²) in [5.74, 6) is 2.03. The summed E-state index contributed by atoms with van der Waals surface area (Å²) in [5.41, 5.74) is 0. The highest BCUT2D eigenvalue weighted by molar-refractivity contribution is 5.78. The Balaban J connectivity index is 1.49. The number of nitrogens with one attached hydrogen (secondary N) is 1. The highest BCUT2D eigenvalue weighted by Gasteiger charge is 2.36. The summed E-state index contributed by atoms with van der Waals surface area (Å²) < 4.78 is 0. The molecule has 0 bridgehead atoms. The predicted molar refractivity (Wildman–Crippen MR) is 67.7 cm³/mol. The van der Waals surface area contributed by atoms with Crippen LogP contribution in [-0.2, 0) is 4.79 Å². The normalized spacial score (nSPS) is 32.6. The molecule has 3 rings (SSSR count). The van der Waals surface area contributed by atoms with Crippen LogP contribution in [0.2, 0.25) is 0 Å². The summed E-state index contributed by atoms with van der Waals surface area (Å²) in [7, 11) is 0. The van der Waals surface area contributed by atoms with E-state index in [-0.39, 0.29) is 0 Å². The maximum Gasteiger partial charge on any atom is 0.236 e. The van der Waals surface area contributed by atoms with Gasteiger partial charge in [-0.25, -0.2) is 0 Å². The lowest BCUT2D eigenvalue weighted by atomic mass is 9.92. The smallest absolute Gasteiger partial charge is 0.236 e. The quantitative estimate of drug-likeness (QED) is 0.807. The molecule has 3 nitrogen and oxygen atoms in total. The van der Waals surface area contributed by atoms with Crippen LogP contribution in [0.5, 0.6) is 0 Å². The topological polar surface area (TPSA) is 32.3 Å². The van der Waals surface area contributed by atoms with Crippen molar-refractivity contribution in [3.8, 4) is 0 Å². The molecule has 2 atom stereocenters. The molecule has 3 fully saturated rings. The number of fused-ring (bicyclic) bond motifs is 1. The minimum Gasteiger partial charge on any atom is -0.338 e. The molecule has 1 heterocycles. The first-order valence-corrected chi connectivity index (χ1v) is 7.35. The van der Waals surface area contributed by atoms with Crippen molar-refractivity contribution in [2.45, 2.75) is 51.0 Å². The molecule has 3 heteroatoms. The molecule has 0 aromatic carbocycles. The van der Waals surface area contributed by atoms with Gasteiger partial charge in [0.25, 0.3) is 0 Å². The first-order valence-electron chi connectivity index (χ1n) is 7.35. The van der Waals surface area contributed by atoms with Gasteiger partial charge in [-0.15, -0.1) is 0 Å². The molecule has 2 unspecified atom stereocenters. The Kier molecular flexibility index (Phi) is 3.37. The van der Waals surface area contributed by atoms with E-state index in [2.05, 4.69) is 10.2 Å². The van der Waals surface area contributed by atoms with Gasteiger partial charge in [-0.2, -0.15) is 0 Å². The summed E-state index contributed by atoms with van der Waals surface area (Å²) in [6.45, 7) is 2.62. The molecule has 0 radical (unpaired) electrons. The number of likely N-dealkylation sites (tertiary alicyclic amines) is 1. The van der Waals surface area contributed by atoms with E-state index in [4.69, 9.17) is 0 Å². The number of piperidine rings is 1. The number of nitrogens with zero attached hydrogens (tertiary/aromatic N) is 1. The Morgan fingerprint density at radius 2 is 1.94 bits per heavy atom. The van der Waals surface area contributed by atoms with E-state index in [1.165, 1.54) is 44.9 Å². The van der Waals surface area contributed by atoms with Gasteiger partial charge in [-0.3, -0.25) is 4.79 Å². The van der Waals surface area contributed by atoms with Crippen molar-refractivity contribution in [2.75, 3.05) is 19.6 Å². The van der Waals surface area contributed by atoms with Crippen LogP contribution in [0.1, 0.15) is 44.9 Å². The fourth-order valence-corrected chi connectivity index (χ4v) is 3.57. The van der Waals surface area contributed by atoms with Gasteiger partial charge in [0.15, 0.2) is 0 Å². The number of rotatable bonds is 4. The molecule has 1 saturated heterocycles. The van der Waals surface area contributed by atoms with Crippen LogP contribution in [0.25, 0.3) is 0 Å². The first kappa shape index (κ1) is 11.5. The minimum atomic E-state index is 0.349. The fraction of sp³-hybridized carbons (Fsp3) is 0.929. The Morgan fingerprint density at radius 3 is 2.76 bits per heavy atom. The van der Waals surface area contributed by atoms with Gasteiger partial charge in [0.1, 0.15) is 0 Å². The Labute approximate surface area is 104 Å². The van der Waals surface area contributed by atoms with Gasteiger partial charge >= 0.3 is 0 Å². The Bertz CT molecular complexity index is 288. The maximum absolute atomic E-state index is 12.2. The molecule has 3 aliphatic rings. The Morgan fingerprint density at radius 1 is 1.12 bits per heavy atom. The third-order valence-electron chi connectivity index (χ3n) is 4.72. The molecular formula is C14H24N2O. The number of hydrogen-bond donors (Lipinski definition) is 1. The zero-order chi connectivity index (χ0) is 11.7. The number of amides is 1. The van der Waals surface area contributed by atoms with Gasteiger partial charge in [0.2, 0.25) is 5.91 Å². The second-order valence-electron chi connectivity index (χ2n) is 6.06. The molecule has 17 heavy (non-hydrogen) atoms. The SMILES string of the molecule is O=C(CNCC1CC1)N1CCCC2CCCC21. The standard InChI is InChI=1S/C14H24N2O/c17-14(10-15-9-11-6-7-11)16-8-2-4-12-3-1-5-13(12)16/h11-13,15H,1-10H2. The van der Waals surface area contributed by atoms with Crippen LogP contribution in [-0.4, -0.2) is 36.5 Å². The van der Waals surface area contributed by atoms with Gasteiger partial charge in [0, 0.05) is 12.6 Å². The van der Waals surface area contributed by atoms with Crippen LogP contribution < -0.4 is 5.32 Å². The van der Waals surface area contributed by atoms with Gasteiger partial charge in [0.05, 0.1) is 6.54 Å². The lowest BCUT2D eigenvalue weighted by molar-refractivity contribution is -0.134. The van der Waals surface area contributed by atoms with E-state index in [0.29, 0.717) is 18.5 Å². The van der Waals surface area contributed by atoms with Gasteiger partial charge in [-0.05, 0) is 56.9 Å². The van der Waals surface area contributed by atoms with Crippen LogP contribution in [0.4, 0.5) is 0 Å². The van der Waals surface area contributed by atoms with Crippen molar-refractivity contribution >= 4 is 5.91 Å². The first-order chi connectivity index (χ1) is 8.34. The van der Waals surface area contributed by atoms with E-state index in [0.717, 1.165) is 24.9 Å². The van der Waals surface area contributed by atoms with Crippen molar-refractivity contribution in [1.82, 2.24) is 10.2 Å². The van der Waals surface area contributed by atoms with Crippen LogP contribution >= 0.6 is 0 Å². The van der Waals surface area contributed by atoms with E-state index < -0.39 is 0 Å². The summed E-state index contributed by atoms with van der Waals surface area (Å²) >= 11 is 0. The van der Waals surface area contributed by atoms with E-state index >= 15 is 0 Å². The zero-order valence-corrected chi connectivity index (χ0v) is 10.7. The van der Waals surface area contributed by atoms with Crippen LogP contribution in [0, 0.1) is 11.8 Å². The summed E-state index contributed by atoms with van der Waals surface area (Å²) in [5, 5.41) is 3.33. The van der Waals surface area contributed by atoms with E-state index in [1.807, 2.05) is 0 Å². The maximum atomic E-state index is 12.2. The Hall–Kier alpha value is -0.570. The molecule has 2 saturated carbocycles. The lowest BCUT2D eigenvalue weighted by Crippen LogP contribution is -2.49. The van der Waals surface area contributed by atoms with Crippen LogP contribution in [0.15, 0.2) is 0 Å². The number of carbonyl (C=O) groups is 1. The average Bonchev–Trinajstić information content (AvgIpc) is 3.04. The van der Waals surface area contributed by atoms with E-state index in [9.17, 15) is 4.79 Å². The largest absolute Gasteiger partial charge is 0.338 e. The van der Waals surface area contributed by atoms with Crippen molar-refractivity contribution in [1.29, 1.82) is 0 Å². The third-order valence-corrected chi connectivity index (χ3v) is 4.72. The summed E-state index contributed by atoms with van der Waals surface area (Å²) in [6, 6.07) is 0.582. The van der Waals surface area contributed by atoms with Crippen LogP contribution in [0.3, 0.4) is 0 Å². The number of carbonyl (C=O) groups excluding carboxylic acids is 1. The van der Waals surface area contributed by atoms with Crippen molar-refractivity contribution in [2.24, 2.45) is 11.8 Å². The molecule has 1 amide bonds. The number of hydrogen-bond acceptors (Lipinski definition) is 2. The van der Waals surface area contributed by atoms with Crippen molar-refractivity contribution in [3.05, 3.63) is 0 Å². The van der Waals surface area contributed by atoms with Crippen molar-refractivity contribution < 1.29 is 4.79 Å². The lowest BCUT2D eigenvalue weighted by Gasteiger charge is -2.38. The molecule has 0 aromatic rings. The molecule has 1 N–H and O–H groups in total. The average molecular weight is 236 g/mol. The van der Waals surface area contributed by atoms with Gasteiger partial charge < -0.3 is 10.2 Å². The predicted octanol–water partition coefficient (Wildman–Crippen LogP) is 1.78. The molecule has 1 aliphatic heterocycles. The fourth-order valence-electron chi connectivity index (χ4n) is 3.57. The van der Waals surface area contributed by atoms with Gasteiger partial charge in [-0.1, -0.05) is 6.42 Å². The third kappa shape index (κ3) is 2.65. The molecule has 0 spiro atoms. The second kappa shape index (κ2) is 4.97. The highest BCUT2D eigenvalue weighted by atomic mass is 16.2. The molecule has 0 aromatic heterocycles. The molecule has 96 valence electrons.